The number of nitrogens with one attached hydrogen (secondary N) is 1. The van der Waals surface area contributed by atoms with Gasteiger partial charge in [-0.3, -0.25) is 4.79 Å². The Kier molecular flexibility index (Phi) is 6.01. The standard InChI is InChI=1S/C14H24N2O3S/c1-19-13(17)11-5-7-16(8-6-11)14(18)15-10-12-4-2-3-9-20-12/h11-12H,2-10H2,1H3,(H,15,18). The summed E-state index contributed by atoms with van der Waals surface area (Å²) < 4.78 is 4.75. The molecule has 20 heavy (non-hydrogen) atoms. The van der Waals surface area contributed by atoms with Crippen molar-refractivity contribution in [1.29, 1.82) is 0 Å². The summed E-state index contributed by atoms with van der Waals surface area (Å²) in [6.45, 7) is 2.05. The Hall–Kier alpha value is -0.910. The van der Waals surface area contributed by atoms with Crippen LogP contribution in [0.5, 0.6) is 0 Å². The van der Waals surface area contributed by atoms with Crippen LogP contribution in [0.25, 0.3) is 0 Å². The third-order valence-corrected chi connectivity index (χ3v) is 5.47. The minimum Gasteiger partial charge on any atom is -0.469 e. The fraction of sp³-hybridized carbons (Fsp3) is 0.857. The maximum absolute atomic E-state index is 12.1. The van der Waals surface area contributed by atoms with Gasteiger partial charge in [0, 0.05) is 24.9 Å². The number of hydrogen-bond acceptors (Lipinski definition) is 4. The molecular weight excluding hydrogens is 276 g/mol. The predicted molar refractivity (Wildman–Crippen MR) is 79.8 cm³/mol. The first-order valence-corrected chi connectivity index (χ1v) is 8.48. The zero-order chi connectivity index (χ0) is 14.4. The molecule has 2 aliphatic rings. The van der Waals surface area contributed by atoms with E-state index >= 15 is 0 Å². The number of ether oxygens (including phenoxy) is 1. The second-order valence-corrected chi connectivity index (χ2v) is 6.87. The van der Waals surface area contributed by atoms with Crippen molar-refractivity contribution in [3.05, 3.63) is 0 Å². The average Bonchev–Trinajstić information content (AvgIpc) is 2.53. The lowest BCUT2D eigenvalue weighted by Crippen LogP contribution is -2.47. The van der Waals surface area contributed by atoms with Gasteiger partial charge in [-0.05, 0) is 31.4 Å². The number of methoxy groups -OCH3 is 1. The van der Waals surface area contributed by atoms with E-state index in [1.165, 1.54) is 32.1 Å². The maximum Gasteiger partial charge on any atom is 0.317 e. The van der Waals surface area contributed by atoms with E-state index in [1.807, 2.05) is 16.7 Å². The molecule has 2 aliphatic heterocycles. The van der Waals surface area contributed by atoms with Crippen molar-refractivity contribution in [3.8, 4) is 0 Å². The summed E-state index contributed by atoms with van der Waals surface area (Å²) in [4.78, 5) is 25.3. The number of amides is 2. The molecule has 0 aromatic carbocycles. The highest BCUT2D eigenvalue weighted by molar-refractivity contribution is 7.99. The fourth-order valence-corrected chi connectivity index (χ4v) is 4.00. The molecule has 5 nitrogen and oxygen atoms in total. The predicted octanol–water partition coefficient (Wildman–Crippen LogP) is 1.87. The molecule has 0 radical (unpaired) electrons. The van der Waals surface area contributed by atoms with E-state index in [4.69, 9.17) is 4.74 Å². The first-order valence-electron chi connectivity index (χ1n) is 7.43. The van der Waals surface area contributed by atoms with Gasteiger partial charge in [-0.1, -0.05) is 6.42 Å². The monoisotopic (exact) mass is 300 g/mol. The zero-order valence-electron chi connectivity index (χ0n) is 12.1. The zero-order valence-corrected chi connectivity index (χ0v) is 12.9. The van der Waals surface area contributed by atoms with E-state index in [-0.39, 0.29) is 17.9 Å². The van der Waals surface area contributed by atoms with Crippen LogP contribution in [0.2, 0.25) is 0 Å². The summed E-state index contributed by atoms with van der Waals surface area (Å²) in [7, 11) is 1.42. The Morgan fingerprint density at radius 1 is 1.25 bits per heavy atom. The van der Waals surface area contributed by atoms with Gasteiger partial charge in [-0.2, -0.15) is 11.8 Å². The lowest BCUT2D eigenvalue weighted by molar-refractivity contribution is -0.146. The lowest BCUT2D eigenvalue weighted by atomic mass is 9.97. The summed E-state index contributed by atoms with van der Waals surface area (Å²) in [5, 5.41) is 3.60. The lowest BCUT2D eigenvalue weighted by Gasteiger charge is -2.31. The smallest absolute Gasteiger partial charge is 0.317 e. The normalized spacial score (nSPS) is 24.2. The minimum atomic E-state index is -0.149. The number of thioether (sulfide) groups is 1. The van der Waals surface area contributed by atoms with Crippen molar-refractivity contribution in [1.82, 2.24) is 10.2 Å². The van der Waals surface area contributed by atoms with Crippen LogP contribution < -0.4 is 5.32 Å². The highest BCUT2D eigenvalue weighted by atomic mass is 32.2. The molecule has 0 spiro atoms. The number of esters is 1. The topological polar surface area (TPSA) is 58.6 Å². The number of rotatable bonds is 3. The third-order valence-electron chi connectivity index (χ3n) is 4.07. The number of piperidine rings is 1. The number of carbonyl (C=O) groups excluding carboxylic acids is 2. The Balaban J connectivity index is 1.67. The van der Waals surface area contributed by atoms with Crippen LogP contribution in [-0.2, 0) is 9.53 Å². The van der Waals surface area contributed by atoms with E-state index < -0.39 is 0 Å². The molecule has 1 unspecified atom stereocenters. The first kappa shape index (κ1) is 15.5. The first-order chi connectivity index (χ1) is 9.70. The minimum absolute atomic E-state index is 0.0134. The summed E-state index contributed by atoms with van der Waals surface area (Å²) in [5.41, 5.74) is 0. The molecule has 1 atom stereocenters. The highest BCUT2D eigenvalue weighted by Gasteiger charge is 2.28. The molecule has 6 heteroatoms. The van der Waals surface area contributed by atoms with Crippen LogP contribution >= 0.6 is 11.8 Å². The van der Waals surface area contributed by atoms with Crippen LogP contribution in [-0.4, -0.2) is 54.6 Å². The summed E-state index contributed by atoms with van der Waals surface area (Å²) in [6, 6.07) is 0.0134. The third kappa shape index (κ3) is 4.30. The Morgan fingerprint density at radius 2 is 2.00 bits per heavy atom. The average molecular weight is 300 g/mol. The quantitative estimate of drug-likeness (QED) is 0.808. The van der Waals surface area contributed by atoms with Crippen LogP contribution in [0.3, 0.4) is 0 Å². The van der Waals surface area contributed by atoms with Crippen molar-refractivity contribution in [2.24, 2.45) is 5.92 Å². The molecule has 2 amide bonds. The number of nitrogens with zero attached hydrogens (tertiary/aromatic N) is 1. The van der Waals surface area contributed by atoms with Gasteiger partial charge < -0.3 is 15.0 Å². The molecule has 1 N–H and O–H groups in total. The molecule has 0 aromatic rings. The number of likely N-dealkylation sites (tertiary alicyclic amines) is 1. The van der Waals surface area contributed by atoms with Crippen LogP contribution in [0.1, 0.15) is 32.1 Å². The van der Waals surface area contributed by atoms with E-state index in [2.05, 4.69) is 5.32 Å². The van der Waals surface area contributed by atoms with Gasteiger partial charge in [-0.15, -0.1) is 0 Å². The summed E-state index contributed by atoms with van der Waals surface area (Å²) >= 11 is 1.96. The SMILES string of the molecule is COC(=O)C1CCN(C(=O)NCC2CCCCS2)CC1. The van der Waals surface area contributed by atoms with Gasteiger partial charge in [0.2, 0.25) is 0 Å². The Labute approximate surface area is 124 Å². The van der Waals surface area contributed by atoms with E-state index in [9.17, 15) is 9.59 Å². The molecule has 0 bridgehead atoms. The van der Waals surface area contributed by atoms with Crippen molar-refractivity contribution < 1.29 is 14.3 Å². The van der Waals surface area contributed by atoms with Crippen LogP contribution in [0.15, 0.2) is 0 Å². The summed E-state index contributed by atoms with van der Waals surface area (Å²) in [6.07, 6.45) is 5.19. The molecule has 2 saturated heterocycles. The summed E-state index contributed by atoms with van der Waals surface area (Å²) in [5.74, 6) is 1.02. The number of carbonyl (C=O) groups is 2. The van der Waals surface area contributed by atoms with Crippen molar-refractivity contribution in [3.63, 3.8) is 0 Å². The number of urea groups is 1. The van der Waals surface area contributed by atoms with E-state index in [1.54, 1.807) is 0 Å². The van der Waals surface area contributed by atoms with Gasteiger partial charge in [0.05, 0.1) is 13.0 Å². The Morgan fingerprint density at radius 3 is 2.60 bits per heavy atom. The molecule has 0 saturated carbocycles. The van der Waals surface area contributed by atoms with Crippen molar-refractivity contribution in [2.75, 3.05) is 32.5 Å². The maximum atomic E-state index is 12.1. The molecule has 0 aliphatic carbocycles. The molecule has 2 heterocycles. The fourth-order valence-electron chi connectivity index (χ4n) is 2.77. The van der Waals surface area contributed by atoms with Crippen molar-refractivity contribution >= 4 is 23.8 Å². The number of hydrogen-bond donors (Lipinski definition) is 1. The molecule has 0 aromatic heterocycles. The van der Waals surface area contributed by atoms with Gasteiger partial charge in [0.15, 0.2) is 0 Å². The molecule has 2 fully saturated rings. The van der Waals surface area contributed by atoms with Crippen LogP contribution in [0.4, 0.5) is 4.79 Å². The molecule has 114 valence electrons. The van der Waals surface area contributed by atoms with E-state index in [0.29, 0.717) is 31.2 Å². The van der Waals surface area contributed by atoms with Gasteiger partial charge >= 0.3 is 12.0 Å². The molecular formula is C14H24N2O3S. The van der Waals surface area contributed by atoms with E-state index in [0.717, 1.165) is 6.54 Å². The van der Waals surface area contributed by atoms with Gasteiger partial charge in [-0.25, -0.2) is 4.79 Å². The van der Waals surface area contributed by atoms with Crippen molar-refractivity contribution in [2.45, 2.75) is 37.4 Å². The second kappa shape index (κ2) is 7.76. The largest absolute Gasteiger partial charge is 0.469 e. The highest BCUT2D eigenvalue weighted by Crippen LogP contribution is 2.24. The Bertz CT molecular complexity index is 337. The van der Waals surface area contributed by atoms with Crippen LogP contribution in [0, 0.1) is 5.92 Å². The van der Waals surface area contributed by atoms with Gasteiger partial charge in [0.1, 0.15) is 0 Å². The van der Waals surface area contributed by atoms with Gasteiger partial charge in [0.25, 0.3) is 0 Å². The second-order valence-electron chi connectivity index (χ2n) is 5.46. The molecule has 2 rings (SSSR count).